The van der Waals surface area contributed by atoms with Crippen LogP contribution < -0.4 is 0 Å². The Bertz CT molecular complexity index is 260. The molecular formula is C11H20N2O. The number of Topliss-reactive ketones (excluding diaryl/α,β-unsaturated/α-hetero) is 1. The van der Waals surface area contributed by atoms with Gasteiger partial charge in [-0.1, -0.05) is 13.8 Å². The first-order chi connectivity index (χ1) is 6.41. The smallest absolute Gasteiger partial charge is 0.130 e. The minimum atomic E-state index is 0.287. The van der Waals surface area contributed by atoms with Gasteiger partial charge in [-0.2, -0.15) is 5.10 Å². The van der Waals surface area contributed by atoms with E-state index in [1.165, 1.54) is 0 Å². The van der Waals surface area contributed by atoms with Crippen LogP contribution in [0.1, 0.15) is 38.6 Å². The molecule has 14 heavy (non-hydrogen) atoms. The highest BCUT2D eigenvalue weighted by Crippen LogP contribution is 1.97. The van der Waals surface area contributed by atoms with Gasteiger partial charge in [-0.05, 0) is 32.8 Å². The summed E-state index contributed by atoms with van der Waals surface area (Å²) < 4.78 is 0. The SMILES string of the molecule is CC(=O)CC(C)C.Cc1cc(C)[nH]n1. The van der Waals surface area contributed by atoms with Gasteiger partial charge in [0.25, 0.3) is 0 Å². The van der Waals surface area contributed by atoms with Gasteiger partial charge < -0.3 is 4.79 Å². The third-order valence-corrected chi connectivity index (χ3v) is 1.53. The molecule has 1 rings (SSSR count). The van der Waals surface area contributed by atoms with Gasteiger partial charge in [0.2, 0.25) is 0 Å². The zero-order valence-electron chi connectivity index (χ0n) is 9.72. The maximum absolute atomic E-state index is 10.3. The van der Waals surface area contributed by atoms with E-state index in [0.717, 1.165) is 17.8 Å². The molecule has 3 nitrogen and oxygen atoms in total. The average molecular weight is 196 g/mol. The molecule has 1 N–H and O–H groups in total. The first kappa shape index (κ1) is 12.9. The fraction of sp³-hybridized carbons (Fsp3) is 0.636. The lowest BCUT2D eigenvalue weighted by molar-refractivity contribution is -0.117. The molecular weight excluding hydrogens is 176 g/mol. The van der Waals surface area contributed by atoms with Crippen molar-refractivity contribution in [2.24, 2.45) is 5.92 Å². The number of H-pyrrole nitrogens is 1. The molecule has 0 aliphatic heterocycles. The molecule has 0 spiro atoms. The quantitative estimate of drug-likeness (QED) is 0.790. The van der Waals surface area contributed by atoms with Gasteiger partial charge >= 0.3 is 0 Å². The lowest BCUT2D eigenvalue weighted by Crippen LogP contribution is -1.95. The van der Waals surface area contributed by atoms with Gasteiger partial charge in [0.1, 0.15) is 5.78 Å². The van der Waals surface area contributed by atoms with E-state index in [4.69, 9.17) is 0 Å². The minimum Gasteiger partial charge on any atom is -0.300 e. The Morgan fingerprint density at radius 3 is 2.14 bits per heavy atom. The van der Waals surface area contributed by atoms with Crippen molar-refractivity contribution in [3.05, 3.63) is 17.5 Å². The number of hydrogen-bond donors (Lipinski definition) is 1. The van der Waals surface area contributed by atoms with Crippen molar-refractivity contribution in [2.45, 2.75) is 41.0 Å². The summed E-state index contributed by atoms with van der Waals surface area (Å²) in [6.45, 7) is 9.66. The molecule has 0 saturated carbocycles. The van der Waals surface area contributed by atoms with Crippen molar-refractivity contribution >= 4 is 5.78 Å². The predicted molar refractivity (Wildman–Crippen MR) is 58.2 cm³/mol. The number of aromatic amines is 1. The highest BCUT2D eigenvalue weighted by Gasteiger charge is 1.95. The van der Waals surface area contributed by atoms with Crippen molar-refractivity contribution in [2.75, 3.05) is 0 Å². The van der Waals surface area contributed by atoms with Crippen LogP contribution in [0.15, 0.2) is 6.07 Å². The Kier molecular flexibility index (Phi) is 5.84. The zero-order valence-corrected chi connectivity index (χ0v) is 9.72. The van der Waals surface area contributed by atoms with E-state index in [0.29, 0.717) is 5.92 Å². The van der Waals surface area contributed by atoms with E-state index in [-0.39, 0.29) is 5.78 Å². The van der Waals surface area contributed by atoms with Crippen molar-refractivity contribution in [3.8, 4) is 0 Å². The molecule has 0 amide bonds. The number of nitrogens with zero attached hydrogens (tertiary/aromatic N) is 1. The molecule has 0 aliphatic rings. The minimum absolute atomic E-state index is 0.287. The van der Waals surface area contributed by atoms with Crippen LogP contribution in [-0.4, -0.2) is 16.0 Å². The molecule has 1 aromatic heterocycles. The first-order valence-electron chi connectivity index (χ1n) is 4.90. The molecule has 1 aromatic rings. The van der Waals surface area contributed by atoms with E-state index < -0.39 is 0 Å². The predicted octanol–water partition coefficient (Wildman–Crippen LogP) is 2.65. The third kappa shape index (κ3) is 7.53. The number of nitrogens with one attached hydrogen (secondary N) is 1. The van der Waals surface area contributed by atoms with Crippen LogP contribution in [-0.2, 0) is 4.79 Å². The maximum atomic E-state index is 10.3. The summed E-state index contributed by atoms with van der Waals surface area (Å²) >= 11 is 0. The second-order valence-electron chi connectivity index (χ2n) is 3.99. The highest BCUT2D eigenvalue weighted by molar-refractivity contribution is 5.75. The lowest BCUT2D eigenvalue weighted by atomic mass is 10.1. The number of aryl methyl sites for hydroxylation is 2. The van der Waals surface area contributed by atoms with Crippen LogP contribution in [0.3, 0.4) is 0 Å². The summed E-state index contributed by atoms with van der Waals surface area (Å²) in [5.74, 6) is 0.813. The molecule has 0 atom stereocenters. The number of rotatable bonds is 2. The molecule has 0 unspecified atom stereocenters. The monoisotopic (exact) mass is 196 g/mol. The number of aromatic nitrogens is 2. The molecule has 80 valence electrons. The summed E-state index contributed by atoms with van der Waals surface area (Å²) in [6, 6.07) is 2.00. The Balaban J connectivity index is 0.000000241. The molecule has 3 heteroatoms. The molecule has 0 aliphatic carbocycles. The fourth-order valence-corrected chi connectivity index (χ4v) is 1.13. The summed E-state index contributed by atoms with van der Waals surface area (Å²) in [5.41, 5.74) is 2.18. The number of carbonyl (C=O) groups excluding carboxylic acids is 1. The van der Waals surface area contributed by atoms with E-state index in [1.807, 2.05) is 33.8 Å². The molecule has 0 fully saturated rings. The van der Waals surface area contributed by atoms with Gasteiger partial charge in [0.15, 0.2) is 0 Å². The number of hydrogen-bond acceptors (Lipinski definition) is 2. The lowest BCUT2D eigenvalue weighted by Gasteiger charge is -1.95. The Morgan fingerprint density at radius 1 is 1.50 bits per heavy atom. The van der Waals surface area contributed by atoms with E-state index in [2.05, 4.69) is 10.2 Å². The van der Waals surface area contributed by atoms with Gasteiger partial charge in [0, 0.05) is 12.1 Å². The summed E-state index contributed by atoms with van der Waals surface area (Å²) in [4.78, 5) is 10.3. The van der Waals surface area contributed by atoms with Crippen molar-refractivity contribution < 1.29 is 4.79 Å². The molecule has 0 bridgehead atoms. The molecule has 1 heterocycles. The second kappa shape index (κ2) is 6.35. The van der Waals surface area contributed by atoms with Gasteiger partial charge in [-0.3, -0.25) is 5.10 Å². The van der Waals surface area contributed by atoms with E-state index in [9.17, 15) is 4.79 Å². The Hall–Kier alpha value is -1.12. The van der Waals surface area contributed by atoms with Crippen LogP contribution in [0.2, 0.25) is 0 Å². The van der Waals surface area contributed by atoms with Crippen LogP contribution >= 0.6 is 0 Å². The van der Waals surface area contributed by atoms with Crippen LogP contribution in [0, 0.1) is 19.8 Å². The summed E-state index contributed by atoms with van der Waals surface area (Å²) in [6.07, 6.45) is 0.722. The second-order valence-corrected chi connectivity index (χ2v) is 3.99. The summed E-state index contributed by atoms with van der Waals surface area (Å²) in [7, 11) is 0. The summed E-state index contributed by atoms with van der Waals surface area (Å²) in [5, 5.41) is 6.71. The molecule has 0 radical (unpaired) electrons. The van der Waals surface area contributed by atoms with Gasteiger partial charge in [0.05, 0.1) is 5.69 Å². The van der Waals surface area contributed by atoms with Crippen LogP contribution in [0.25, 0.3) is 0 Å². The maximum Gasteiger partial charge on any atom is 0.130 e. The fourth-order valence-electron chi connectivity index (χ4n) is 1.13. The largest absolute Gasteiger partial charge is 0.300 e. The molecule has 0 saturated heterocycles. The van der Waals surface area contributed by atoms with Gasteiger partial charge in [-0.25, -0.2) is 0 Å². The van der Waals surface area contributed by atoms with Gasteiger partial charge in [-0.15, -0.1) is 0 Å². The number of carbonyl (C=O) groups is 1. The van der Waals surface area contributed by atoms with Crippen LogP contribution in [0.5, 0.6) is 0 Å². The topological polar surface area (TPSA) is 45.8 Å². The van der Waals surface area contributed by atoms with E-state index in [1.54, 1.807) is 6.92 Å². The highest BCUT2D eigenvalue weighted by atomic mass is 16.1. The molecule has 0 aromatic carbocycles. The normalized spacial score (nSPS) is 9.57. The number of ketones is 1. The Labute approximate surface area is 85.9 Å². The Morgan fingerprint density at radius 2 is 2.07 bits per heavy atom. The van der Waals surface area contributed by atoms with Crippen molar-refractivity contribution in [1.29, 1.82) is 0 Å². The van der Waals surface area contributed by atoms with Crippen molar-refractivity contribution in [3.63, 3.8) is 0 Å². The van der Waals surface area contributed by atoms with E-state index >= 15 is 0 Å². The van der Waals surface area contributed by atoms with Crippen molar-refractivity contribution in [1.82, 2.24) is 10.2 Å². The zero-order chi connectivity index (χ0) is 11.1. The standard InChI is InChI=1S/C6H12O.C5H8N2/c1-5(2)4-6(3)7;1-4-3-5(2)7-6-4/h5H,4H2,1-3H3;3H,1-2H3,(H,6,7). The average Bonchev–Trinajstić information content (AvgIpc) is 2.32. The third-order valence-electron chi connectivity index (χ3n) is 1.53. The van der Waals surface area contributed by atoms with Crippen LogP contribution in [0.4, 0.5) is 0 Å². The first-order valence-corrected chi connectivity index (χ1v) is 4.90.